The molecule has 0 saturated carbocycles. The number of rotatable bonds is 4. The number of benzene rings is 1. The topological polar surface area (TPSA) is 92.8 Å². The number of carbonyl (C=O) groups is 4. The van der Waals surface area contributed by atoms with Gasteiger partial charge in [0, 0.05) is 13.8 Å². The zero-order chi connectivity index (χ0) is 19.5. The standard InChI is InChI=1S/C13H12N2O3.C6H12O2/c1-9(16)15-8-12(17)14-11(13(15)18)7-10-5-3-2-4-6-10;1-3-4-5-8-6(2)7/h2-7H,8H2,1H3,(H,14,17);3-5H2,1-2H3. The summed E-state index contributed by atoms with van der Waals surface area (Å²) in [7, 11) is 0. The molecule has 1 aromatic rings. The van der Waals surface area contributed by atoms with Crippen LogP contribution >= 0.6 is 0 Å². The van der Waals surface area contributed by atoms with Gasteiger partial charge in [0.25, 0.3) is 5.91 Å². The molecule has 0 bridgehead atoms. The monoisotopic (exact) mass is 360 g/mol. The van der Waals surface area contributed by atoms with Crippen molar-refractivity contribution in [2.24, 2.45) is 0 Å². The van der Waals surface area contributed by atoms with Gasteiger partial charge in [-0.3, -0.25) is 24.1 Å². The van der Waals surface area contributed by atoms with E-state index < -0.39 is 11.8 Å². The quantitative estimate of drug-likeness (QED) is 0.503. The van der Waals surface area contributed by atoms with Crippen molar-refractivity contribution in [3.63, 3.8) is 0 Å². The van der Waals surface area contributed by atoms with E-state index in [9.17, 15) is 19.2 Å². The van der Waals surface area contributed by atoms with Crippen LogP contribution in [0.1, 0.15) is 39.2 Å². The van der Waals surface area contributed by atoms with Crippen molar-refractivity contribution in [2.75, 3.05) is 13.2 Å². The second kappa shape index (κ2) is 10.8. The van der Waals surface area contributed by atoms with E-state index in [-0.39, 0.29) is 24.1 Å². The lowest BCUT2D eigenvalue weighted by Gasteiger charge is -2.25. The molecule has 0 unspecified atom stereocenters. The molecule has 1 saturated heterocycles. The van der Waals surface area contributed by atoms with E-state index in [0.717, 1.165) is 23.3 Å². The molecule has 3 amide bonds. The summed E-state index contributed by atoms with van der Waals surface area (Å²) in [5, 5.41) is 2.48. The average Bonchev–Trinajstić information content (AvgIpc) is 2.59. The molecule has 1 N–H and O–H groups in total. The fourth-order valence-corrected chi connectivity index (χ4v) is 2.03. The predicted octanol–water partition coefficient (Wildman–Crippen LogP) is 1.88. The molecule has 7 heteroatoms. The molecule has 1 aromatic carbocycles. The number of imide groups is 1. The number of ether oxygens (including phenoxy) is 1. The highest BCUT2D eigenvalue weighted by Crippen LogP contribution is 2.11. The van der Waals surface area contributed by atoms with Crippen LogP contribution in [0, 0.1) is 0 Å². The number of nitrogens with zero attached hydrogens (tertiary/aromatic N) is 1. The van der Waals surface area contributed by atoms with E-state index in [2.05, 4.69) is 17.0 Å². The van der Waals surface area contributed by atoms with Crippen molar-refractivity contribution in [3.05, 3.63) is 41.6 Å². The number of hydrogen-bond donors (Lipinski definition) is 1. The van der Waals surface area contributed by atoms with Gasteiger partial charge in [-0.25, -0.2) is 0 Å². The Morgan fingerprint density at radius 2 is 1.85 bits per heavy atom. The first kappa shape index (κ1) is 21.1. The van der Waals surface area contributed by atoms with E-state index in [1.165, 1.54) is 13.8 Å². The van der Waals surface area contributed by atoms with Crippen LogP contribution in [0.5, 0.6) is 0 Å². The van der Waals surface area contributed by atoms with Crippen molar-refractivity contribution in [3.8, 4) is 0 Å². The summed E-state index contributed by atoms with van der Waals surface area (Å²) in [6.45, 7) is 5.10. The zero-order valence-electron chi connectivity index (χ0n) is 15.3. The molecule has 2 rings (SSSR count). The number of hydrogen-bond acceptors (Lipinski definition) is 5. The maximum absolute atomic E-state index is 11.9. The third kappa shape index (κ3) is 7.29. The van der Waals surface area contributed by atoms with Crippen LogP contribution in [0.2, 0.25) is 0 Å². The molecule has 0 atom stereocenters. The first-order valence-electron chi connectivity index (χ1n) is 8.37. The van der Waals surface area contributed by atoms with Gasteiger partial charge in [0.05, 0.1) is 6.61 Å². The van der Waals surface area contributed by atoms with Gasteiger partial charge in [-0.05, 0) is 18.1 Å². The van der Waals surface area contributed by atoms with Crippen molar-refractivity contribution >= 4 is 29.8 Å². The molecule has 1 fully saturated rings. The van der Waals surface area contributed by atoms with Crippen LogP contribution in [-0.2, 0) is 23.9 Å². The Hall–Kier alpha value is -2.96. The Labute approximate surface area is 153 Å². The highest BCUT2D eigenvalue weighted by molar-refractivity contribution is 6.12. The first-order chi connectivity index (χ1) is 12.3. The Balaban J connectivity index is 0.000000359. The number of nitrogens with one attached hydrogen (secondary N) is 1. The van der Waals surface area contributed by atoms with E-state index in [4.69, 9.17) is 0 Å². The van der Waals surface area contributed by atoms with Crippen LogP contribution in [0.3, 0.4) is 0 Å². The number of unbranched alkanes of at least 4 members (excludes halogenated alkanes) is 1. The fourth-order valence-electron chi connectivity index (χ4n) is 2.03. The van der Waals surface area contributed by atoms with Crippen molar-refractivity contribution in [2.45, 2.75) is 33.6 Å². The summed E-state index contributed by atoms with van der Waals surface area (Å²) >= 11 is 0. The molecule has 0 spiro atoms. The Morgan fingerprint density at radius 1 is 1.19 bits per heavy atom. The lowest BCUT2D eigenvalue weighted by molar-refractivity contribution is -0.147. The van der Waals surface area contributed by atoms with Crippen molar-refractivity contribution in [1.82, 2.24) is 10.2 Å². The molecule has 26 heavy (non-hydrogen) atoms. The van der Waals surface area contributed by atoms with Gasteiger partial charge >= 0.3 is 5.97 Å². The van der Waals surface area contributed by atoms with E-state index >= 15 is 0 Å². The second-order valence-electron chi connectivity index (χ2n) is 5.62. The van der Waals surface area contributed by atoms with Gasteiger partial charge in [0.2, 0.25) is 11.8 Å². The van der Waals surface area contributed by atoms with Crippen molar-refractivity contribution in [1.29, 1.82) is 0 Å². The summed E-state index contributed by atoms with van der Waals surface area (Å²) in [4.78, 5) is 45.6. The molecule has 1 aliphatic rings. The van der Waals surface area contributed by atoms with Gasteiger partial charge in [0.15, 0.2) is 0 Å². The molecule has 7 nitrogen and oxygen atoms in total. The Kier molecular flexibility index (Phi) is 8.77. The van der Waals surface area contributed by atoms with E-state index in [1.807, 2.05) is 18.2 Å². The first-order valence-corrected chi connectivity index (χ1v) is 8.37. The summed E-state index contributed by atoms with van der Waals surface area (Å²) < 4.78 is 4.64. The third-order valence-corrected chi connectivity index (χ3v) is 3.35. The van der Waals surface area contributed by atoms with Crippen LogP contribution in [-0.4, -0.2) is 41.7 Å². The summed E-state index contributed by atoms with van der Waals surface area (Å²) in [5.74, 6) is -1.47. The van der Waals surface area contributed by atoms with E-state index in [0.29, 0.717) is 6.61 Å². The lowest BCUT2D eigenvalue weighted by Crippen LogP contribution is -2.51. The molecule has 0 aliphatic carbocycles. The number of esters is 1. The molecule has 1 aliphatic heterocycles. The Morgan fingerprint density at radius 3 is 2.38 bits per heavy atom. The van der Waals surface area contributed by atoms with Gasteiger partial charge in [0.1, 0.15) is 12.2 Å². The normalized spacial score (nSPS) is 15.0. The molecule has 140 valence electrons. The number of carbonyl (C=O) groups excluding carboxylic acids is 4. The fraction of sp³-hybridized carbons (Fsp3) is 0.368. The van der Waals surface area contributed by atoms with E-state index in [1.54, 1.807) is 18.2 Å². The minimum Gasteiger partial charge on any atom is -0.466 e. The average molecular weight is 360 g/mol. The highest BCUT2D eigenvalue weighted by atomic mass is 16.5. The molecule has 1 heterocycles. The summed E-state index contributed by atoms with van der Waals surface area (Å²) in [6, 6.07) is 9.11. The summed E-state index contributed by atoms with van der Waals surface area (Å²) in [5.41, 5.74) is 0.902. The van der Waals surface area contributed by atoms with Gasteiger partial charge < -0.3 is 10.1 Å². The SMILES string of the molecule is CC(=O)N1CC(=O)NC(=Cc2ccccc2)C1=O.CCCCOC(C)=O. The Bertz CT molecular complexity index is 682. The maximum Gasteiger partial charge on any atom is 0.302 e. The largest absolute Gasteiger partial charge is 0.466 e. The number of amides is 3. The van der Waals surface area contributed by atoms with Crippen LogP contribution in [0.4, 0.5) is 0 Å². The zero-order valence-corrected chi connectivity index (χ0v) is 15.3. The highest BCUT2D eigenvalue weighted by Gasteiger charge is 2.30. The lowest BCUT2D eigenvalue weighted by atomic mass is 10.1. The van der Waals surface area contributed by atoms with Crippen LogP contribution in [0.25, 0.3) is 6.08 Å². The maximum atomic E-state index is 11.9. The van der Waals surface area contributed by atoms with Crippen LogP contribution < -0.4 is 5.32 Å². The minimum atomic E-state index is -0.481. The second-order valence-corrected chi connectivity index (χ2v) is 5.62. The van der Waals surface area contributed by atoms with Crippen molar-refractivity contribution < 1.29 is 23.9 Å². The molecule has 0 aromatic heterocycles. The minimum absolute atomic E-state index is 0.118. The van der Waals surface area contributed by atoms with Gasteiger partial charge in [-0.2, -0.15) is 0 Å². The van der Waals surface area contributed by atoms with Gasteiger partial charge in [-0.1, -0.05) is 43.7 Å². The molecule has 0 radical (unpaired) electrons. The predicted molar refractivity (Wildman–Crippen MR) is 96.5 cm³/mol. The van der Waals surface area contributed by atoms with Crippen LogP contribution in [0.15, 0.2) is 36.0 Å². The number of piperazine rings is 1. The smallest absolute Gasteiger partial charge is 0.302 e. The molecular formula is C19H24N2O5. The third-order valence-electron chi connectivity index (χ3n) is 3.35. The molecular weight excluding hydrogens is 336 g/mol. The summed E-state index contributed by atoms with van der Waals surface area (Å²) in [6.07, 6.45) is 3.60. The van der Waals surface area contributed by atoms with Gasteiger partial charge in [-0.15, -0.1) is 0 Å².